The first kappa shape index (κ1) is 18.3. The van der Waals surface area contributed by atoms with E-state index in [9.17, 15) is 4.79 Å². The third kappa shape index (κ3) is 2.63. The molecule has 0 unspecified atom stereocenters. The van der Waals surface area contributed by atoms with Gasteiger partial charge in [0.25, 0.3) is 0 Å². The maximum atomic E-state index is 11.5. The van der Waals surface area contributed by atoms with Crippen LogP contribution in [0.1, 0.15) is 65.6 Å². The molecule has 4 heterocycles. The Kier molecular flexibility index (Phi) is 4.49. The van der Waals surface area contributed by atoms with Crippen molar-refractivity contribution in [1.82, 2.24) is 24.0 Å². The number of carbonyl (C=O) groups excluding carboxylic acids is 1. The van der Waals surface area contributed by atoms with Crippen molar-refractivity contribution in [3.05, 3.63) is 52.6 Å². The Balaban J connectivity index is 2.09. The molecule has 4 aromatic heterocycles. The van der Waals surface area contributed by atoms with E-state index in [1.165, 1.54) is 5.56 Å². The second-order valence-electron chi connectivity index (χ2n) is 7.36. The van der Waals surface area contributed by atoms with Gasteiger partial charge in [-0.05, 0) is 57.7 Å². The van der Waals surface area contributed by atoms with Crippen LogP contribution in [0.5, 0.6) is 0 Å². The highest BCUT2D eigenvalue weighted by Crippen LogP contribution is 2.33. The Hall–Kier alpha value is -3.02. The zero-order chi connectivity index (χ0) is 20.0. The summed E-state index contributed by atoms with van der Waals surface area (Å²) in [6, 6.07) is 5.82. The summed E-state index contributed by atoms with van der Waals surface area (Å²) in [7, 11) is 0. The molecule has 0 aliphatic carbocycles. The molecule has 0 fully saturated rings. The lowest BCUT2D eigenvalue weighted by molar-refractivity contribution is 0.112. The molecule has 144 valence electrons. The molecule has 0 radical (unpaired) electrons. The van der Waals surface area contributed by atoms with Crippen LogP contribution in [0.15, 0.2) is 24.4 Å². The van der Waals surface area contributed by atoms with Crippen LogP contribution >= 0.6 is 0 Å². The molecule has 0 N–H and O–H groups in total. The van der Waals surface area contributed by atoms with Crippen molar-refractivity contribution in [3.63, 3.8) is 0 Å². The number of fused-ring (bicyclic) bond motifs is 2. The number of nitrogens with zero attached hydrogens (tertiary/aromatic N) is 5. The summed E-state index contributed by atoms with van der Waals surface area (Å²) >= 11 is 0. The zero-order valence-electron chi connectivity index (χ0n) is 17.0. The molecule has 0 aromatic carbocycles. The number of aromatic nitrogens is 5. The van der Waals surface area contributed by atoms with Crippen LogP contribution in [0.2, 0.25) is 0 Å². The van der Waals surface area contributed by atoms with Gasteiger partial charge in [-0.1, -0.05) is 13.8 Å². The molecule has 0 aliphatic heterocycles. The molecule has 6 nitrogen and oxygen atoms in total. The zero-order valence-corrected chi connectivity index (χ0v) is 17.0. The van der Waals surface area contributed by atoms with Crippen LogP contribution in [-0.2, 0) is 0 Å². The third-order valence-electron chi connectivity index (χ3n) is 5.54. The molecule has 0 saturated heterocycles. The molecular formula is C22H25N5O. The second-order valence-corrected chi connectivity index (χ2v) is 7.36. The molecule has 0 amide bonds. The van der Waals surface area contributed by atoms with Gasteiger partial charge in [-0.25, -0.2) is 14.5 Å². The van der Waals surface area contributed by atoms with E-state index in [4.69, 9.17) is 10.1 Å². The topological polar surface area (TPSA) is 64.6 Å². The fourth-order valence-electron chi connectivity index (χ4n) is 4.16. The van der Waals surface area contributed by atoms with Crippen LogP contribution in [-0.4, -0.2) is 30.3 Å². The fraction of sp³-hybridized carbons (Fsp3) is 0.364. The molecule has 0 bridgehead atoms. The molecule has 4 rings (SSSR count). The molecule has 0 spiro atoms. The number of hydrogen-bond donors (Lipinski definition) is 0. The summed E-state index contributed by atoms with van der Waals surface area (Å²) in [6.45, 7) is 10.4. The molecule has 0 atom stereocenters. The van der Waals surface area contributed by atoms with Gasteiger partial charge in [-0.2, -0.15) is 5.10 Å². The monoisotopic (exact) mass is 375 g/mol. The normalized spacial score (nSPS) is 11.8. The average molecular weight is 375 g/mol. The van der Waals surface area contributed by atoms with E-state index in [1.807, 2.05) is 42.0 Å². The quantitative estimate of drug-likeness (QED) is 0.475. The van der Waals surface area contributed by atoms with Gasteiger partial charge >= 0.3 is 0 Å². The van der Waals surface area contributed by atoms with Crippen LogP contribution in [0.4, 0.5) is 0 Å². The van der Waals surface area contributed by atoms with E-state index in [0.29, 0.717) is 17.1 Å². The van der Waals surface area contributed by atoms with Gasteiger partial charge in [-0.3, -0.25) is 9.20 Å². The number of imidazole rings is 2. The highest BCUT2D eigenvalue weighted by atomic mass is 16.1. The van der Waals surface area contributed by atoms with E-state index < -0.39 is 0 Å². The summed E-state index contributed by atoms with van der Waals surface area (Å²) in [4.78, 5) is 21.0. The van der Waals surface area contributed by atoms with Gasteiger partial charge in [0.05, 0.1) is 28.3 Å². The Morgan fingerprint density at radius 2 is 1.71 bits per heavy atom. The van der Waals surface area contributed by atoms with Gasteiger partial charge in [0.1, 0.15) is 11.3 Å². The highest BCUT2D eigenvalue weighted by Gasteiger charge is 2.23. The number of aryl methyl sites for hydroxylation is 3. The fourth-order valence-corrected chi connectivity index (χ4v) is 4.16. The summed E-state index contributed by atoms with van der Waals surface area (Å²) in [5.74, 6) is 0.448. The van der Waals surface area contributed by atoms with E-state index in [-0.39, 0.29) is 0 Å². The van der Waals surface area contributed by atoms with Crippen molar-refractivity contribution < 1.29 is 4.79 Å². The number of rotatable bonds is 5. The lowest BCUT2D eigenvalue weighted by atomic mass is 9.95. The lowest BCUT2D eigenvalue weighted by Gasteiger charge is -2.14. The molecule has 4 aromatic rings. The first-order chi connectivity index (χ1) is 13.5. The number of aldehydes is 1. The van der Waals surface area contributed by atoms with Crippen molar-refractivity contribution in [1.29, 1.82) is 0 Å². The first-order valence-corrected chi connectivity index (χ1v) is 9.80. The largest absolute Gasteiger partial charge is 0.298 e. The highest BCUT2D eigenvalue weighted by molar-refractivity contribution is 5.86. The lowest BCUT2D eigenvalue weighted by Crippen LogP contribution is -2.06. The Bertz CT molecular complexity index is 1200. The van der Waals surface area contributed by atoms with Crippen LogP contribution in [0.25, 0.3) is 22.7 Å². The molecule has 0 aliphatic rings. The van der Waals surface area contributed by atoms with E-state index in [0.717, 1.165) is 53.2 Å². The van der Waals surface area contributed by atoms with Gasteiger partial charge < -0.3 is 0 Å². The molecule has 6 heteroatoms. The SMILES string of the molecule is CCC(CC)c1cc(C)nn2c(-c3c(C)nc4c(C=O)cccn34)c(C)nc12. The average Bonchev–Trinajstić information content (AvgIpc) is 3.17. The van der Waals surface area contributed by atoms with Crippen molar-refractivity contribution in [2.24, 2.45) is 0 Å². The minimum Gasteiger partial charge on any atom is -0.298 e. The maximum absolute atomic E-state index is 11.5. The van der Waals surface area contributed by atoms with Gasteiger partial charge in [0.2, 0.25) is 0 Å². The molecule has 28 heavy (non-hydrogen) atoms. The summed E-state index contributed by atoms with van der Waals surface area (Å²) in [6.07, 6.45) is 4.91. The number of hydrogen-bond acceptors (Lipinski definition) is 4. The van der Waals surface area contributed by atoms with Gasteiger partial charge in [0, 0.05) is 11.8 Å². The molecular weight excluding hydrogens is 350 g/mol. The minimum absolute atomic E-state index is 0.448. The summed E-state index contributed by atoms with van der Waals surface area (Å²) in [5, 5.41) is 4.80. The Labute approximate surface area is 164 Å². The Morgan fingerprint density at radius 3 is 2.39 bits per heavy atom. The van der Waals surface area contributed by atoms with Crippen molar-refractivity contribution in [2.75, 3.05) is 0 Å². The first-order valence-electron chi connectivity index (χ1n) is 9.80. The molecule has 0 saturated carbocycles. The van der Waals surface area contributed by atoms with Crippen LogP contribution in [0.3, 0.4) is 0 Å². The summed E-state index contributed by atoms with van der Waals surface area (Å²) < 4.78 is 3.93. The summed E-state index contributed by atoms with van der Waals surface area (Å²) in [5.41, 5.74) is 7.97. The second kappa shape index (κ2) is 6.86. The van der Waals surface area contributed by atoms with Crippen LogP contribution in [0, 0.1) is 20.8 Å². The van der Waals surface area contributed by atoms with E-state index >= 15 is 0 Å². The standard InChI is InChI=1S/C22H25N5O/c1-6-16(7-2)18-11-13(3)25-27-20(15(5)24-22(18)27)19-14(4)23-21-17(12-28)9-8-10-26(19)21/h8-12,16H,6-7H2,1-5H3. The predicted octanol–water partition coefficient (Wildman–Crippen LogP) is 4.69. The number of pyridine rings is 1. The van der Waals surface area contributed by atoms with Crippen LogP contribution < -0.4 is 0 Å². The third-order valence-corrected chi connectivity index (χ3v) is 5.54. The predicted molar refractivity (Wildman–Crippen MR) is 110 cm³/mol. The van der Waals surface area contributed by atoms with Crippen molar-refractivity contribution in [3.8, 4) is 11.4 Å². The smallest absolute Gasteiger partial charge is 0.158 e. The maximum Gasteiger partial charge on any atom is 0.158 e. The van der Waals surface area contributed by atoms with Gasteiger partial charge in [0.15, 0.2) is 11.9 Å². The minimum atomic E-state index is 0.448. The van der Waals surface area contributed by atoms with Crippen molar-refractivity contribution >= 4 is 17.6 Å². The van der Waals surface area contributed by atoms with E-state index in [1.54, 1.807) is 6.07 Å². The van der Waals surface area contributed by atoms with Crippen molar-refractivity contribution in [2.45, 2.75) is 53.4 Å². The van der Waals surface area contributed by atoms with Gasteiger partial charge in [-0.15, -0.1) is 0 Å². The van der Waals surface area contributed by atoms with E-state index in [2.05, 4.69) is 24.9 Å². The number of carbonyl (C=O) groups is 1. The Morgan fingerprint density at radius 1 is 1.04 bits per heavy atom.